The molecule has 0 aliphatic heterocycles. The molecule has 0 aromatic heterocycles. The fraction of sp³-hybridized carbons (Fsp3) is 0.200. The SMILES string of the molecule is O=C(O)[C@@H]1[C@@H](C(=O)c2ccc(-c3ccc(Cl)cc3)cc2)CC[C@H]1Sc1ccccc1. The zero-order chi connectivity index (χ0) is 21.1. The number of carboxylic acids is 1. The molecular formula is C25H21ClO3S. The molecule has 152 valence electrons. The number of Topliss-reactive ketones (excluding diaryl/α,β-unsaturated/α-hetero) is 1. The Balaban J connectivity index is 1.51. The highest BCUT2D eigenvalue weighted by molar-refractivity contribution is 8.00. The molecule has 1 fully saturated rings. The Labute approximate surface area is 185 Å². The predicted octanol–water partition coefficient (Wildman–Crippen LogP) is 6.46. The topological polar surface area (TPSA) is 54.4 Å². The second-order valence-corrected chi connectivity index (χ2v) is 9.21. The summed E-state index contributed by atoms with van der Waals surface area (Å²) in [6.45, 7) is 0. The van der Waals surface area contributed by atoms with E-state index >= 15 is 0 Å². The number of carbonyl (C=O) groups excluding carboxylic acids is 1. The first kappa shape index (κ1) is 20.7. The van der Waals surface area contributed by atoms with E-state index in [4.69, 9.17) is 11.6 Å². The van der Waals surface area contributed by atoms with Crippen molar-refractivity contribution in [2.45, 2.75) is 23.0 Å². The largest absolute Gasteiger partial charge is 0.481 e. The molecule has 30 heavy (non-hydrogen) atoms. The lowest BCUT2D eigenvalue weighted by molar-refractivity contribution is -0.142. The number of halogens is 1. The zero-order valence-corrected chi connectivity index (χ0v) is 17.8. The first-order chi connectivity index (χ1) is 14.5. The smallest absolute Gasteiger partial charge is 0.308 e. The molecule has 0 unspecified atom stereocenters. The molecule has 0 bridgehead atoms. The summed E-state index contributed by atoms with van der Waals surface area (Å²) in [5.41, 5.74) is 2.57. The molecule has 3 aromatic rings. The van der Waals surface area contributed by atoms with Crippen molar-refractivity contribution in [2.75, 3.05) is 0 Å². The number of hydrogen-bond acceptors (Lipinski definition) is 3. The second kappa shape index (κ2) is 9.07. The molecule has 1 aliphatic carbocycles. The van der Waals surface area contributed by atoms with E-state index in [2.05, 4.69) is 0 Å². The van der Waals surface area contributed by atoms with Crippen molar-refractivity contribution in [3.63, 3.8) is 0 Å². The minimum absolute atomic E-state index is 0.0822. The highest BCUT2D eigenvalue weighted by atomic mass is 35.5. The third-order valence-corrected chi connectivity index (χ3v) is 7.22. The summed E-state index contributed by atoms with van der Waals surface area (Å²) >= 11 is 7.51. The van der Waals surface area contributed by atoms with E-state index in [1.807, 2.05) is 66.7 Å². The predicted molar refractivity (Wildman–Crippen MR) is 121 cm³/mol. The van der Waals surface area contributed by atoms with Crippen molar-refractivity contribution in [3.8, 4) is 11.1 Å². The normalized spacial score (nSPS) is 20.8. The average molecular weight is 437 g/mol. The number of benzene rings is 3. The molecule has 0 spiro atoms. The summed E-state index contributed by atoms with van der Waals surface area (Å²) in [5.74, 6) is -2.15. The van der Waals surface area contributed by atoms with Crippen molar-refractivity contribution in [1.82, 2.24) is 0 Å². The highest BCUT2D eigenvalue weighted by Crippen LogP contribution is 2.44. The maximum absolute atomic E-state index is 13.2. The van der Waals surface area contributed by atoms with Crippen LogP contribution in [0.2, 0.25) is 5.02 Å². The first-order valence-electron chi connectivity index (χ1n) is 9.87. The van der Waals surface area contributed by atoms with Gasteiger partial charge in [-0.2, -0.15) is 0 Å². The third kappa shape index (κ3) is 4.45. The lowest BCUT2D eigenvalue weighted by atomic mass is 9.88. The van der Waals surface area contributed by atoms with Crippen LogP contribution in [0.15, 0.2) is 83.8 Å². The lowest BCUT2D eigenvalue weighted by Gasteiger charge is -2.20. The molecule has 1 N–H and O–H groups in total. The molecule has 0 radical (unpaired) electrons. The van der Waals surface area contributed by atoms with Crippen molar-refractivity contribution in [3.05, 3.63) is 89.4 Å². The van der Waals surface area contributed by atoms with Crippen LogP contribution in [-0.2, 0) is 4.79 Å². The number of carbonyl (C=O) groups is 2. The number of ketones is 1. The van der Waals surface area contributed by atoms with Crippen LogP contribution in [0.3, 0.4) is 0 Å². The van der Waals surface area contributed by atoms with Gasteiger partial charge in [0.1, 0.15) is 0 Å². The number of carboxylic acid groups (broad SMARTS) is 1. The molecular weight excluding hydrogens is 416 g/mol. The Morgan fingerprint density at radius 3 is 2.03 bits per heavy atom. The Morgan fingerprint density at radius 2 is 1.43 bits per heavy atom. The van der Waals surface area contributed by atoms with E-state index in [0.717, 1.165) is 22.4 Å². The summed E-state index contributed by atoms with van der Waals surface area (Å²) in [4.78, 5) is 26.2. The van der Waals surface area contributed by atoms with Gasteiger partial charge in [-0.3, -0.25) is 9.59 Å². The summed E-state index contributed by atoms with van der Waals surface area (Å²) < 4.78 is 0. The Kier molecular flexibility index (Phi) is 6.26. The Hall–Kier alpha value is -2.56. The van der Waals surface area contributed by atoms with Gasteiger partial charge in [-0.25, -0.2) is 0 Å². The van der Waals surface area contributed by atoms with Crippen LogP contribution in [-0.4, -0.2) is 22.1 Å². The molecule has 3 aromatic carbocycles. The van der Waals surface area contributed by atoms with Gasteiger partial charge in [0.05, 0.1) is 5.92 Å². The zero-order valence-electron chi connectivity index (χ0n) is 16.2. The molecule has 3 atom stereocenters. The fourth-order valence-corrected chi connectivity index (χ4v) is 5.57. The Bertz CT molecular complexity index is 1030. The minimum Gasteiger partial charge on any atom is -0.481 e. The summed E-state index contributed by atoms with van der Waals surface area (Å²) in [7, 11) is 0. The van der Waals surface area contributed by atoms with Crippen molar-refractivity contribution in [2.24, 2.45) is 11.8 Å². The van der Waals surface area contributed by atoms with Gasteiger partial charge in [-0.15, -0.1) is 11.8 Å². The Morgan fingerprint density at radius 1 is 0.833 bits per heavy atom. The van der Waals surface area contributed by atoms with E-state index in [9.17, 15) is 14.7 Å². The average Bonchev–Trinajstić information content (AvgIpc) is 3.18. The molecule has 1 saturated carbocycles. The van der Waals surface area contributed by atoms with Gasteiger partial charge in [-0.1, -0.05) is 66.2 Å². The van der Waals surface area contributed by atoms with E-state index in [-0.39, 0.29) is 11.0 Å². The van der Waals surface area contributed by atoms with Crippen LogP contribution < -0.4 is 0 Å². The molecule has 5 heteroatoms. The molecule has 4 rings (SSSR count). The first-order valence-corrected chi connectivity index (χ1v) is 11.1. The van der Waals surface area contributed by atoms with Gasteiger partial charge >= 0.3 is 5.97 Å². The van der Waals surface area contributed by atoms with Crippen molar-refractivity contribution >= 4 is 35.1 Å². The van der Waals surface area contributed by atoms with E-state index in [1.54, 1.807) is 23.9 Å². The van der Waals surface area contributed by atoms with Gasteiger partial charge in [0.25, 0.3) is 0 Å². The lowest BCUT2D eigenvalue weighted by Crippen LogP contribution is -2.30. The van der Waals surface area contributed by atoms with Gasteiger partial charge in [0.15, 0.2) is 5.78 Å². The van der Waals surface area contributed by atoms with Gasteiger partial charge in [-0.05, 0) is 48.2 Å². The number of thioether (sulfide) groups is 1. The van der Waals surface area contributed by atoms with Crippen LogP contribution in [0.4, 0.5) is 0 Å². The van der Waals surface area contributed by atoms with E-state index in [0.29, 0.717) is 17.0 Å². The molecule has 0 heterocycles. The maximum atomic E-state index is 13.2. The van der Waals surface area contributed by atoms with Crippen LogP contribution >= 0.6 is 23.4 Å². The maximum Gasteiger partial charge on any atom is 0.308 e. The van der Waals surface area contributed by atoms with Gasteiger partial charge in [0.2, 0.25) is 0 Å². The van der Waals surface area contributed by atoms with Crippen LogP contribution in [0, 0.1) is 11.8 Å². The van der Waals surface area contributed by atoms with Crippen LogP contribution in [0.1, 0.15) is 23.2 Å². The number of hydrogen-bond donors (Lipinski definition) is 1. The van der Waals surface area contributed by atoms with E-state index < -0.39 is 17.8 Å². The number of rotatable bonds is 6. The minimum atomic E-state index is -0.892. The molecule has 0 saturated heterocycles. The van der Waals surface area contributed by atoms with Gasteiger partial charge < -0.3 is 5.11 Å². The summed E-state index contributed by atoms with van der Waals surface area (Å²) in [6, 6.07) is 24.7. The fourth-order valence-electron chi connectivity index (χ4n) is 4.08. The highest BCUT2D eigenvalue weighted by Gasteiger charge is 2.45. The second-order valence-electron chi connectivity index (χ2n) is 7.47. The van der Waals surface area contributed by atoms with Gasteiger partial charge in [0, 0.05) is 26.6 Å². The van der Waals surface area contributed by atoms with Crippen LogP contribution in [0.5, 0.6) is 0 Å². The van der Waals surface area contributed by atoms with Crippen LogP contribution in [0.25, 0.3) is 11.1 Å². The molecule has 1 aliphatic rings. The standard InChI is InChI=1S/C25H21ClO3S/c26-19-12-10-17(11-13-19)16-6-8-18(9-7-16)24(27)21-14-15-22(23(21)25(28)29)30-20-4-2-1-3-5-20/h1-13,21-23H,14-15H2,(H,28,29)/t21-,22+,23+/m0/s1. The molecule has 3 nitrogen and oxygen atoms in total. The molecule has 0 amide bonds. The van der Waals surface area contributed by atoms with E-state index in [1.165, 1.54) is 0 Å². The number of aliphatic carboxylic acids is 1. The summed E-state index contributed by atoms with van der Waals surface area (Å²) in [5, 5.41) is 10.4. The van der Waals surface area contributed by atoms with Crippen molar-refractivity contribution in [1.29, 1.82) is 0 Å². The van der Waals surface area contributed by atoms with Crippen molar-refractivity contribution < 1.29 is 14.7 Å². The monoisotopic (exact) mass is 436 g/mol. The quantitative estimate of drug-likeness (QED) is 0.450. The third-order valence-electron chi connectivity index (χ3n) is 5.60. The summed E-state index contributed by atoms with van der Waals surface area (Å²) in [6.07, 6.45) is 1.31.